The van der Waals surface area contributed by atoms with E-state index in [0.29, 0.717) is 17.8 Å². The molecule has 1 aliphatic carbocycles. The van der Waals surface area contributed by atoms with Crippen molar-refractivity contribution in [2.24, 2.45) is 23.7 Å². The van der Waals surface area contributed by atoms with Crippen LogP contribution >= 0.6 is 0 Å². The number of carbonyl (C=O) groups excluding carboxylic acids is 1. The van der Waals surface area contributed by atoms with Gasteiger partial charge in [0, 0.05) is 5.92 Å². The average Bonchev–Trinajstić information content (AvgIpc) is 2.79. The Morgan fingerprint density at radius 3 is 2.67 bits per heavy atom. The van der Waals surface area contributed by atoms with Crippen molar-refractivity contribution in [1.82, 2.24) is 4.90 Å². The van der Waals surface area contributed by atoms with Crippen LogP contribution in [0.5, 0.6) is 0 Å². The quantitative estimate of drug-likeness (QED) is 0.587. The van der Waals surface area contributed by atoms with Crippen LogP contribution in [0.25, 0.3) is 0 Å². The van der Waals surface area contributed by atoms with Crippen LogP contribution in [0.2, 0.25) is 0 Å². The molecule has 3 heteroatoms. The summed E-state index contributed by atoms with van der Waals surface area (Å²) in [5, 5.41) is 0. The van der Waals surface area contributed by atoms with Gasteiger partial charge in [0.1, 0.15) is 12.1 Å². The Hall–Kier alpha value is -0.830. The Bertz CT molecular complexity index is 379. The molecule has 0 N–H and O–H groups in total. The molecule has 1 heterocycles. The fraction of sp³-hybridized carbons (Fsp3) is 0.833. The van der Waals surface area contributed by atoms with Crippen LogP contribution < -0.4 is 0 Å². The lowest BCUT2D eigenvalue weighted by atomic mass is 9.75. The molecule has 0 aromatic carbocycles. The van der Waals surface area contributed by atoms with Gasteiger partial charge >= 0.3 is 5.97 Å². The van der Waals surface area contributed by atoms with Crippen LogP contribution in [-0.4, -0.2) is 36.6 Å². The minimum absolute atomic E-state index is 0.0374. The number of ether oxygens (including phenoxy) is 1. The lowest BCUT2D eigenvalue weighted by molar-refractivity contribution is -0.161. The number of likely N-dealkylation sites (N-methyl/N-ethyl adjacent to an activating group) is 1. The molecular weight excluding hydrogens is 262 g/mol. The SMILES string of the molecule is C=C[C@@H]1CCN(C)[C@@H]1C(=O)O[C@H]1C[C@@H](C)CC[C@@H]1C(C)C. The maximum atomic E-state index is 12.7. The van der Waals surface area contributed by atoms with Crippen molar-refractivity contribution in [3.05, 3.63) is 12.7 Å². The molecular formula is C18H31NO2. The van der Waals surface area contributed by atoms with Crippen LogP contribution in [-0.2, 0) is 9.53 Å². The van der Waals surface area contributed by atoms with Crippen molar-refractivity contribution in [2.75, 3.05) is 13.6 Å². The number of nitrogens with zero attached hydrogens (tertiary/aromatic N) is 1. The van der Waals surface area contributed by atoms with Gasteiger partial charge in [0.05, 0.1) is 0 Å². The van der Waals surface area contributed by atoms with Crippen LogP contribution in [0.1, 0.15) is 46.5 Å². The number of hydrogen-bond donors (Lipinski definition) is 0. The summed E-state index contributed by atoms with van der Waals surface area (Å²) in [4.78, 5) is 14.8. The van der Waals surface area contributed by atoms with E-state index in [9.17, 15) is 4.79 Å². The van der Waals surface area contributed by atoms with E-state index in [4.69, 9.17) is 4.74 Å². The number of carbonyl (C=O) groups is 1. The molecule has 1 saturated carbocycles. The summed E-state index contributed by atoms with van der Waals surface area (Å²) in [5.41, 5.74) is 0. The van der Waals surface area contributed by atoms with Crippen molar-refractivity contribution < 1.29 is 9.53 Å². The third-order valence-electron chi connectivity index (χ3n) is 5.47. The van der Waals surface area contributed by atoms with Gasteiger partial charge in [-0.1, -0.05) is 33.3 Å². The number of rotatable bonds is 4. The average molecular weight is 293 g/mol. The molecule has 5 atom stereocenters. The molecule has 3 nitrogen and oxygen atoms in total. The molecule has 120 valence electrons. The Labute approximate surface area is 129 Å². The summed E-state index contributed by atoms with van der Waals surface area (Å²) in [6.07, 6.45) is 6.48. The number of esters is 1. The highest BCUT2D eigenvalue weighted by molar-refractivity contribution is 5.77. The third-order valence-corrected chi connectivity index (χ3v) is 5.47. The molecule has 2 aliphatic rings. The van der Waals surface area contributed by atoms with Gasteiger partial charge in [-0.15, -0.1) is 6.58 Å². The first-order chi connectivity index (χ1) is 9.93. The van der Waals surface area contributed by atoms with E-state index in [1.165, 1.54) is 12.8 Å². The first-order valence-electron chi connectivity index (χ1n) is 8.47. The van der Waals surface area contributed by atoms with E-state index < -0.39 is 0 Å². The van der Waals surface area contributed by atoms with Gasteiger partial charge in [-0.3, -0.25) is 9.69 Å². The van der Waals surface area contributed by atoms with Crippen LogP contribution in [0.4, 0.5) is 0 Å². The van der Waals surface area contributed by atoms with E-state index in [1.54, 1.807) is 0 Å². The molecule has 1 aliphatic heterocycles. The molecule has 1 saturated heterocycles. The normalized spacial score (nSPS) is 37.7. The first kappa shape index (κ1) is 16.5. The summed E-state index contributed by atoms with van der Waals surface area (Å²) in [6, 6.07) is -0.132. The van der Waals surface area contributed by atoms with Gasteiger partial charge in [-0.2, -0.15) is 0 Å². The smallest absolute Gasteiger partial charge is 0.324 e. The maximum Gasteiger partial charge on any atom is 0.324 e. The Balaban J connectivity index is 2.04. The molecule has 0 radical (unpaired) electrons. The van der Waals surface area contributed by atoms with Crippen LogP contribution in [0.15, 0.2) is 12.7 Å². The fourth-order valence-electron chi connectivity index (χ4n) is 4.05. The summed E-state index contributed by atoms with van der Waals surface area (Å²) >= 11 is 0. The zero-order valence-electron chi connectivity index (χ0n) is 14.0. The summed E-state index contributed by atoms with van der Waals surface area (Å²) in [5.74, 6) is 1.95. The Morgan fingerprint density at radius 1 is 1.33 bits per heavy atom. The minimum Gasteiger partial charge on any atom is -0.461 e. The van der Waals surface area contributed by atoms with Crippen LogP contribution in [0.3, 0.4) is 0 Å². The molecule has 0 spiro atoms. The van der Waals surface area contributed by atoms with E-state index in [-0.39, 0.29) is 24.0 Å². The van der Waals surface area contributed by atoms with Gasteiger partial charge in [0.15, 0.2) is 0 Å². The minimum atomic E-state index is -0.132. The first-order valence-corrected chi connectivity index (χ1v) is 8.47. The van der Waals surface area contributed by atoms with Crippen LogP contribution in [0, 0.1) is 23.7 Å². The zero-order valence-corrected chi connectivity index (χ0v) is 14.0. The van der Waals surface area contributed by atoms with E-state index in [0.717, 1.165) is 19.4 Å². The van der Waals surface area contributed by atoms with Crippen molar-refractivity contribution in [3.63, 3.8) is 0 Å². The second-order valence-electron chi connectivity index (χ2n) is 7.42. The predicted molar refractivity (Wildman–Crippen MR) is 85.9 cm³/mol. The van der Waals surface area contributed by atoms with Gasteiger partial charge in [-0.25, -0.2) is 0 Å². The van der Waals surface area contributed by atoms with Crippen molar-refractivity contribution in [3.8, 4) is 0 Å². The Morgan fingerprint density at radius 2 is 2.05 bits per heavy atom. The van der Waals surface area contributed by atoms with Gasteiger partial charge < -0.3 is 4.74 Å². The summed E-state index contributed by atoms with van der Waals surface area (Å²) in [6.45, 7) is 11.6. The lowest BCUT2D eigenvalue weighted by Gasteiger charge is -2.37. The summed E-state index contributed by atoms with van der Waals surface area (Å²) in [7, 11) is 2.01. The summed E-state index contributed by atoms with van der Waals surface area (Å²) < 4.78 is 5.99. The topological polar surface area (TPSA) is 29.5 Å². The van der Waals surface area contributed by atoms with Gasteiger partial charge in [0.2, 0.25) is 0 Å². The second-order valence-corrected chi connectivity index (χ2v) is 7.42. The van der Waals surface area contributed by atoms with E-state index in [2.05, 4.69) is 32.3 Å². The van der Waals surface area contributed by atoms with E-state index in [1.807, 2.05) is 13.1 Å². The molecule has 21 heavy (non-hydrogen) atoms. The maximum absolute atomic E-state index is 12.7. The van der Waals surface area contributed by atoms with E-state index >= 15 is 0 Å². The lowest BCUT2D eigenvalue weighted by Crippen LogP contribution is -2.43. The van der Waals surface area contributed by atoms with Crippen molar-refractivity contribution >= 4 is 5.97 Å². The molecule has 0 unspecified atom stereocenters. The molecule has 0 bridgehead atoms. The molecule has 2 rings (SSSR count). The molecule has 0 aromatic rings. The molecule has 0 amide bonds. The van der Waals surface area contributed by atoms with Crippen molar-refractivity contribution in [1.29, 1.82) is 0 Å². The van der Waals surface area contributed by atoms with Gasteiger partial charge in [-0.05, 0) is 50.6 Å². The number of hydrogen-bond acceptors (Lipinski definition) is 3. The zero-order chi connectivity index (χ0) is 15.6. The monoisotopic (exact) mass is 293 g/mol. The highest BCUT2D eigenvalue weighted by atomic mass is 16.5. The highest BCUT2D eigenvalue weighted by Gasteiger charge is 2.40. The standard InChI is InChI=1S/C18H31NO2/c1-6-14-9-10-19(5)17(14)18(20)21-16-11-13(4)7-8-15(16)12(2)3/h6,12-17H,1,7-11H2,2-5H3/t13-,14+,15+,16-,17-/m0/s1. The number of likely N-dealkylation sites (tertiary alicyclic amines) is 1. The largest absolute Gasteiger partial charge is 0.461 e. The fourth-order valence-corrected chi connectivity index (χ4v) is 4.05. The third kappa shape index (κ3) is 3.68. The Kier molecular flexibility index (Phi) is 5.48. The second kappa shape index (κ2) is 6.95. The highest BCUT2D eigenvalue weighted by Crippen LogP contribution is 2.36. The van der Waals surface area contributed by atoms with Gasteiger partial charge in [0.25, 0.3) is 0 Å². The predicted octanol–water partition coefficient (Wildman–Crippen LogP) is 3.50. The molecule has 2 fully saturated rings. The molecule has 0 aromatic heterocycles. The van der Waals surface area contributed by atoms with Crippen molar-refractivity contribution in [2.45, 2.75) is 58.6 Å².